The van der Waals surface area contributed by atoms with Gasteiger partial charge in [0.2, 0.25) is 5.78 Å². The standard InChI is InChI=1S/C19H18O6/c1-22-13-4-5-14(15(20)9-13)19(21)18-7-11-6-16(23-2)17(24-3)8-12(11)10-25-18/h4-9,20H,10H2,1-3H3. The lowest BCUT2D eigenvalue weighted by Gasteiger charge is -2.19. The van der Waals surface area contributed by atoms with Gasteiger partial charge in [-0.2, -0.15) is 0 Å². The molecule has 1 N–H and O–H groups in total. The Bertz CT molecular complexity index is 853. The van der Waals surface area contributed by atoms with E-state index < -0.39 is 5.78 Å². The molecule has 2 aromatic rings. The number of benzene rings is 2. The molecule has 1 heterocycles. The lowest BCUT2D eigenvalue weighted by Crippen LogP contribution is -2.12. The lowest BCUT2D eigenvalue weighted by atomic mass is 10.0. The zero-order chi connectivity index (χ0) is 18.0. The van der Waals surface area contributed by atoms with Gasteiger partial charge in [-0.25, -0.2) is 0 Å². The molecule has 0 amide bonds. The fraction of sp³-hybridized carbons (Fsp3) is 0.211. The van der Waals surface area contributed by atoms with E-state index >= 15 is 0 Å². The van der Waals surface area contributed by atoms with Crippen molar-refractivity contribution >= 4 is 11.9 Å². The number of ketones is 1. The van der Waals surface area contributed by atoms with Crippen molar-refractivity contribution in [2.24, 2.45) is 0 Å². The molecular weight excluding hydrogens is 324 g/mol. The zero-order valence-corrected chi connectivity index (χ0v) is 14.2. The smallest absolute Gasteiger partial charge is 0.231 e. The third kappa shape index (κ3) is 3.10. The number of phenols is 1. The van der Waals surface area contributed by atoms with Gasteiger partial charge in [0.1, 0.15) is 18.1 Å². The van der Waals surface area contributed by atoms with E-state index in [1.165, 1.54) is 19.2 Å². The summed E-state index contributed by atoms with van der Waals surface area (Å²) in [5.41, 5.74) is 1.84. The summed E-state index contributed by atoms with van der Waals surface area (Å²) in [5, 5.41) is 10.0. The monoisotopic (exact) mass is 342 g/mol. The summed E-state index contributed by atoms with van der Waals surface area (Å²) >= 11 is 0. The van der Waals surface area contributed by atoms with Crippen LogP contribution in [-0.4, -0.2) is 32.2 Å². The van der Waals surface area contributed by atoms with Crippen LogP contribution in [0.1, 0.15) is 21.5 Å². The van der Waals surface area contributed by atoms with Crippen molar-refractivity contribution in [1.82, 2.24) is 0 Å². The number of allylic oxidation sites excluding steroid dienone is 1. The molecular formula is C19H18O6. The Morgan fingerprint density at radius 3 is 2.40 bits per heavy atom. The number of hydrogen-bond donors (Lipinski definition) is 1. The molecule has 130 valence electrons. The highest BCUT2D eigenvalue weighted by Crippen LogP contribution is 2.35. The number of fused-ring (bicyclic) bond motifs is 1. The first-order valence-electron chi connectivity index (χ1n) is 7.58. The van der Waals surface area contributed by atoms with Crippen molar-refractivity contribution in [3.8, 4) is 23.0 Å². The average Bonchev–Trinajstić information content (AvgIpc) is 2.65. The molecule has 0 bridgehead atoms. The number of rotatable bonds is 5. The van der Waals surface area contributed by atoms with E-state index in [2.05, 4.69) is 0 Å². The summed E-state index contributed by atoms with van der Waals surface area (Å²) in [6.45, 7) is 0.226. The molecule has 0 aliphatic carbocycles. The van der Waals surface area contributed by atoms with Gasteiger partial charge in [-0.1, -0.05) is 0 Å². The van der Waals surface area contributed by atoms with Crippen LogP contribution in [0.25, 0.3) is 6.08 Å². The maximum atomic E-state index is 12.7. The first-order chi connectivity index (χ1) is 12.1. The second-order valence-corrected chi connectivity index (χ2v) is 5.42. The van der Waals surface area contributed by atoms with Gasteiger partial charge in [0.25, 0.3) is 0 Å². The Morgan fingerprint density at radius 1 is 1.04 bits per heavy atom. The van der Waals surface area contributed by atoms with Crippen molar-refractivity contribution in [1.29, 1.82) is 0 Å². The number of ether oxygens (including phenoxy) is 4. The Balaban J connectivity index is 1.97. The quantitative estimate of drug-likeness (QED) is 0.841. The fourth-order valence-corrected chi connectivity index (χ4v) is 2.63. The number of hydrogen-bond acceptors (Lipinski definition) is 6. The number of carbonyl (C=O) groups excluding carboxylic acids is 1. The van der Waals surface area contributed by atoms with Gasteiger partial charge in [0, 0.05) is 11.6 Å². The van der Waals surface area contributed by atoms with E-state index in [9.17, 15) is 9.90 Å². The van der Waals surface area contributed by atoms with Crippen LogP contribution in [0, 0.1) is 0 Å². The predicted octanol–water partition coefficient (Wildman–Crippen LogP) is 3.17. The van der Waals surface area contributed by atoms with Crippen LogP contribution < -0.4 is 14.2 Å². The van der Waals surface area contributed by atoms with E-state index in [0.717, 1.165) is 11.1 Å². The van der Waals surface area contributed by atoms with Gasteiger partial charge >= 0.3 is 0 Å². The molecule has 2 aromatic carbocycles. The van der Waals surface area contributed by atoms with Crippen LogP contribution in [0.2, 0.25) is 0 Å². The summed E-state index contributed by atoms with van der Waals surface area (Å²) in [4.78, 5) is 12.7. The van der Waals surface area contributed by atoms with Crippen molar-refractivity contribution in [3.63, 3.8) is 0 Å². The molecule has 6 heteroatoms. The molecule has 0 radical (unpaired) electrons. The van der Waals surface area contributed by atoms with E-state index in [-0.39, 0.29) is 23.7 Å². The maximum Gasteiger partial charge on any atom is 0.231 e. The minimum atomic E-state index is -0.402. The summed E-state index contributed by atoms with van der Waals surface area (Å²) in [6, 6.07) is 8.11. The molecule has 0 aromatic heterocycles. The third-order valence-corrected chi connectivity index (χ3v) is 3.99. The molecule has 0 atom stereocenters. The fourth-order valence-electron chi connectivity index (χ4n) is 2.63. The average molecular weight is 342 g/mol. The van der Waals surface area contributed by atoms with Gasteiger partial charge in [-0.05, 0) is 35.9 Å². The number of methoxy groups -OCH3 is 3. The molecule has 0 unspecified atom stereocenters. The highest BCUT2D eigenvalue weighted by atomic mass is 16.5. The topological polar surface area (TPSA) is 74.2 Å². The number of carbonyl (C=O) groups is 1. The third-order valence-electron chi connectivity index (χ3n) is 3.99. The van der Waals surface area contributed by atoms with Crippen molar-refractivity contribution in [3.05, 3.63) is 52.8 Å². The SMILES string of the molecule is COc1ccc(C(=O)C2=Cc3cc(OC)c(OC)cc3CO2)c(O)c1. The lowest BCUT2D eigenvalue weighted by molar-refractivity contribution is 0.0901. The normalized spacial score (nSPS) is 12.5. The summed E-state index contributed by atoms with van der Waals surface area (Å²) in [6.07, 6.45) is 1.63. The molecule has 0 saturated heterocycles. The molecule has 0 fully saturated rings. The van der Waals surface area contributed by atoms with Gasteiger partial charge in [0.05, 0.1) is 26.9 Å². The van der Waals surface area contributed by atoms with Crippen LogP contribution in [0.15, 0.2) is 36.1 Å². The van der Waals surface area contributed by atoms with Crippen LogP contribution in [0.5, 0.6) is 23.0 Å². The Morgan fingerprint density at radius 2 is 1.76 bits per heavy atom. The molecule has 1 aliphatic heterocycles. The summed E-state index contributed by atoms with van der Waals surface area (Å²) < 4.78 is 21.2. The first kappa shape index (κ1) is 16.7. The van der Waals surface area contributed by atoms with E-state index in [1.54, 1.807) is 32.4 Å². The highest BCUT2D eigenvalue weighted by Gasteiger charge is 2.23. The van der Waals surface area contributed by atoms with Crippen LogP contribution in [0.3, 0.4) is 0 Å². The highest BCUT2D eigenvalue weighted by molar-refractivity contribution is 6.11. The molecule has 3 rings (SSSR count). The van der Waals surface area contributed by atoms with Gasteiger partial charge < -0.3 is 24.1 Å². The second-order valence-electron chi connectivity index (χ2n) is 5.42. The zero-order valence-electron chi connectivity index (χ0n) is 14.2. The molecule has 1 aliphatic rings. The number of aromatic hydroxyl groups is 1. The minimum Gasteiger partial charge on any atom is -0.507 e. The van der Waals surface area contributed by atoms with Gasteiger partial charge in [0.15, 0.2) is 17.3 Å². The van der Waals surface area contributed by atoms with E-state index in [0.29, 0.717) is 17.2 Å². The summed E-state index contributed by atoms with van der Waals surface area (Å²) in [7, 11) is 4.60. The maximum absolute atomic E-state index is 12.7. The molecule has 0 saturated carbocycles. The molecule has 6 nitrogen and oxygen atoms in total. The van der Waals surface area contributed by atoms with E-state index in [4.69, 9.17) is 18.9 Å². The minimum absolute atomic E-state index is 0.149. The number of Topliss-reactive ketones (excluding diaryl/α,β-unsaturated/α-hetero) is 1. The second kappa shape index (κ2) is 6.76. The predicted molar refractivity (Wildman–Crippen MR) is 91.3 cm³/mol. The Kier molecular flexibility index (Phi) is 4.52. The van der Waals surface area contributed by atoms with Crippen molar-refractivity contribution < 1.29 is 28.8 Å². The van der Waals surface area contributed by atoms with Crippen LogP contribution in [0.4, 0.5) is 0 Å². The van der Waals surface area contributed by atoms with Crippen LogP contribution in [-0.2, 0) is 11.3 Å². The summed E-state index contributed by atoms with van der Waals surface area (Å²) in [5.74, 6) is 1.22. The van der Waals surface area contributed by atoms with Crippen LogP contribution >= 0.6 is 0 Å². The molecule has 25 heavy (non-hydrogen) atoms. The van der Waals surface area contributed by atoms with Crippen molar-refractivity contribution in [2.45, 2.75) is 6.61 Å². The largest absolute Gasteiger partial charge is 0.507 e. The molecule has 0 spiro atoms. The van der Waals surface area contributed by atoms with E-state index in [1.807, 2.05) is 6.07 Å². The first-order valence-corrected chi connectivity index (χ1v) is 7.58. The Hall–Kier alpha value is -3.15. The van der Waals surface area contributed by atoms with Gasteiger partial charge in [-0.3, -0.25) is 4.79 Å². The Labute approximate surface area is 145 Å². The van der Waals surface area contributed by atoms with Crippen molar-refractivity contribution in [2.75, 3.05) is 21.3 Å². The number of phenolic OH excluding ortho intramolecular Hbond substituents is 1. The van der Waals surface area contributed by atoms with Gasteiger partial charge in [-0.15, -0.1) is 0 Å².